The van der Waals surface area contributed by atoms with Gasteiger partial charge in [0.15, 0.2) is 5.96 Å². The molecule has 0 saturated carbocycles. The molecule has 0 spiro atoms. The van der Waals surface area contributed by atoms with E-state index in [1.54, 1.807) is 13.1 Å². The van der Waals surface area contributed by atoms with Gasteiger partial charge in [-0.2, -0.15) is 0 Å². The van der Waals surface area contributed by atoms with Gasteiger partial charge in [-0.25, -0.2) is 4.39 Å². The van der Waals surface area contributed by atoms with E-state index in [0.717, 1.165) is 44.8 Å². The van der Waals surface area contributed by atoms with Crippen LogP contribution in [-0.2, 0) is 19.6 Å². The first-order valence-electron chi connectivity index (χ1n) is 10.4. The molecule has 1 aliphatic heterocycles. The smallest absolute Gasteiger partial charge is 0.191 e. The van der Waals surface area contributed by atoms with Crippen molar-refractivity contribution in [2.75, 3.05) is 39.8 Å². The Morgan fingerprint density at radius 1 is 0.933 bits per heavy atom. The summed E-state index contributed by atoms with van der Waals surface area (Å²) in [6.07, 6.45) is 0. The van der Waals surface area contributed by atoms with Gasteiger partial charge in [0, 0.05) is 52.9 Å². The second-order valence-corrected chi connectivity index (χ2v) is 7.39. The van der Waals surface area contributed by atoms with Crippen LogP contribution < -0.4 is 10.6 Å². The lowest BCUT2D eigenvalue weighted by atomic mass is 10.1. The molecule has 0 unspecified atom stereocenters. The van der Waals surface area contributed by atoms with Crippen molar-refractivity contribution in [3.63, 3.8) is 0 Å². The molecule has 0 bridgehead atoms. The first kappa shape index (κ1) is 24.6. The van der Waals surface area contributed by atoms with Crippen molar-refractivity contribution in [2.45, 2.75) is 26.6 Å². The van der Waals surface area contributed by atoms with Crippen molar-refractivity contribution in [3.8, 4) is 0 Å². The van der Waals surface area contributed by atoms with Gasteiger partial charge in [0.25, 0.3) is 0 Å². The summed E-state index contributed by atoms with van der Waals surface area (Å²) in [6.45, 7) is 10.1. The van der Waals surface area contributed by atoms with Crippen molar-refractivity contribution in [1.29, 1.82) is 0 Å². The molecule has 0 aromatic heterocycles. The van der Waals surface area contributed by atoms with E-state index in [1.807, 2.05) is 6.07 Å². The van der Waals surface area contributed by atoms with Crippen molar-refractivity contribution < 1.29 is 4.39 Å². The Labute approximate surface area is 196 Å². The first-order chi connectivity index (χ1) is 14.2. The lowest BCUT2D eigenvalue weighted by Gasteiger charge is -2.34. The highest BCUT2D eigenvalue weighted by molar-refractivity contribution is 14.0. The quantitative estimate of drug-likeness (QED) is 0.330. The molecule has 5 nitrogen and oxygen atoms in total. The van der Waals surface area contributed by atoms with Gasteiger partial charge in [0.2, 0.25) is 0 Å². The fourth-order valence-electron chi connectivity index (χ4n) is 3.62. The van der Waals surface area contributed by atoms with Gasteiger partial charge in [-0.3, -0.25) is 9.89 Å². The lowest BCUT2D eigenvalue weighted by Crippen LogP contribution is -2.45. The number of halogens is 2. The number of likely N-dealkylation sites (N-methyl/N-ethyl adjacent to an activating group) is 1. The molecule has 1 saturated heterocycles. The van der Waals surface area contributed by atoms with E-state index in [9.17, 15) is 4.39 Å². The molecule has 0 radical (unpaired) electrons. The number of piperazine rings is 1. The van der Waals surface area contributed by atoms with Crippen LogP contribution in [0.1, 0.15) is 23.6 Å². The minimum atomic E-state index is -0.221. The zero-order chi connectivity index (χ0) is 20.5. The number of benzene rings is 2. The average molecular weight is 525 g/mol. The Balaban J connectivity index is 0.00000320. The highest BCUT2D eigenvalue weighted by atomic mass is 127. The van der Waals surface area contributed by atoms with E-state index in [4.69, 9.17) is 0 Å². The molecule has 1 heterocycles. The minimum absolute atomic E-state index is 0. The van der Waals surface area contributed by atoms with Crippen molar-refractivity contribution in [2.24, 2.45) is 4.99 Å². The highest BCUT2D eigenvalue weighted by Crippen LogP contribution is 2.13. The molecule has 0 amide bonds. The minimum Gasteiger partial charge on any atom is -0.352 e. The van der Waals surface area contributed by atoms with E-state index in [-0.39, 0.29) is 29.8 Å². The molecule has 2 aromatic carbocycles. The third-order valence-corrected chi connectivity index (χ3v) is 5.44. The third kappa shape index (κ3) is 7.52. The van der Waals surface area contributed by atoms with Crippen LogP contribution in [0.15, 0.2) is 53.5 Å². The second-order valence-electron chi connectivity index (χ2n) is 7.39. The summed E-state index contributed by atoms with van der Waals surface area (Å²) in [5.74, 6) is 0.488. The Hall–Kier alpha value is -1.71. The molecule has 0 atom stereocenters. The average Bonchev–Trinajstić information content (AvgIpc) is 2.75. The molecule has 0 aliphatic carbocycles. The molecule has 30 heavy (non-hydrogen) atoms. The number of guanidine groups is 1. The predicted molar refractivity (Wildman–Crippen MR) is 133 cm³/mol. The van der Waals surface area contributed by atoms with Crippen LogP contribution in [0.25, 0.3) is 0 Å². The maximum absolute atomic E-state index is 13.3. The van der Waals surface area contributed by atoms with E-state index >= 15 is 0 Å². The van der Waals surface area contributed by atoms with E-state index in [0.29, 0.717) is 19.0 Å². The molecule has 164 valence electrons. The van der Waals surface area contributed by atoms with Crippen LogP contribution in [0.2, 0.25) is 0 Å². The van der Waals surface area contributed by atoms with Crippen molar-refractivity contribution in [1.82, 2.24) is 20.4 Å². The standard InChI is InChI=1S/C23H32FN5.HI/c1-3-28-11-13-29(14-12-28)18-21-9-5-4-8-20(21)17-27-23(25-2)26-16-19-7-6-10-22(24)15-19;/h4-10,15H,3,11-14,16-18H2,1-2H3,(H2,25,26,27);1H. The highest BCUT2D eigenvalue weighted by Gasteiger charge is 2.16. The number of hydrogen-bond acceptors (Lipinski definition) is 3. The second kappa shape index (κ2) is 12.9. The summed E-state index contributed by atoms with van der Waals surface area (Å²) in [4.78, 5) is 9.32. The van der Waals surface area contributed by atoms with Gasteiger partial charge in [-0.05, 0) is 35.4 Å². The molecular weight excluding hydrogens is 492 g/mol. The van der Waals surface area contributed by atoms with Crippen LogP contribution >= 0.6 is 24.0 Å². The van der Waals surface area contributed by atoms with Gasteiger partial charge in [-0.15, -0.1) is 24.0 Å². The zero-order valence-corrected chi connectivity index (χ0v) is 20.2. The summed E-state index contributed by atoms with van der Waals surface area (Å²) in [5.41, 5.74) is 3.52. The molecule has 2 aromatic rings. The lowest BCUT2D eigenvalue weighted by molar-refractivity contribution is 0.131. The Bertz CT molecular complexity index is 806. The van der Waals surface area contributed by atoms with Gasteiger partial charge >= 0.3 is 0 Å². The number of aliphatic imine (C=N–C) groups is 1. The first-order valence-corrected chi connectivity index (χ1v) is 10.4. The van der Waals surface area contributed by atoms with Crippen molar-refractivity contribution >= 4 is 29.9 Å². The maximum Gasteiger partial charge on any atom is 0.191 e. The Morgan fingerprint density at radius 3 is 2.27 bits per heavy atom. The molecule has 2 N–H and O–H groups in total. The Morgan fingerprint density at radius 2 is 1.60 bits per heavy atom. The topological polar surface area (TPSA) is 42.9 Å². The molecule has 3 rings (SSSR count). The van der Waals surface area contributed by atoms with E-state index in [2.05, 4.69) is 56.6 Å². The van der Waals surface area contributed by atoms with Crippen LogP contribution in [0.3, 0.4) is 0 Å². The summed E-state index contributed by atoms with van der Waals surface area (Å²) >= 11 is 0. The fourth-order valence-corrected chi connectivity index (χ4v) is 3.62. The van der Waals surface area contributed by atoms with Crippen LogP contribution in [-0.4, -0.2) is 55.5 Å². The molecule has 1 fully saturated rings. The molecular formula is C23H33FIN5. The van der Waals surface area contributed by atoms with Gasteiger partial charge in [0.1, 0.15) is 5.82 Å². The normalized spacial score (nSPS) is 15.5. The molecule has 1 aliphatic rings. The van der Waals surface area contributed by atoms with Crippen molar-refractivity contribution in [3.05, 3.63) is 71.0 Å². The largest absolute Gasteiger partial charge is 0.352 e. The molecule has 7 heteroatoms. The van der Waals surface area contributed by atoms with Gasteiger partial charge in [-0.1, -0.05) is 43.3 Å². The van der Waals surface area contributed by atoms with Crippen LogP contribution in [0.5, 0.6) is 0 Å². The monoisotopic (exact) mass is 525 g/mol. The number of nitrogens with one attached hydrogen (secondary N) is 2. The van der Waals surface area contributed by atoms with Gasteiger partial charge in [0.05, 0.1) is 0 Å². The fraction of sp³-hybridized carbons (Fsp3) is 0.435. The van der Waals surface area contributed by atoms with E-state index in [1.165, 1.54) is 23.3 Å². The third-order valence-electron chi connectivity index (χ3n) is 5.44. The van der Waals surface area contributed by atoms with E-state index < -0.39 is 0 Å². The maximum atomic E-state index is 13.3. The summed E-state index contributed by atoms with van der Waals surface area (Å²) < 4.78 is 13.3. The number of rotatable bonds is 7. The van der Waals surface area contributed by atoms with Crippen LogP contribution in [0, 0.1) is 5.82 Å². The zero-order valence-electron chi connectivity index (χ0n) is 17.9. The SMILES string of the molecule is CCN1CCN(Cc2ccccc2CNC(=NC)NCc2cccc(F)c2)CC1.I. The Kier molecular flexibility index (Phi) is 10.5. The summed E-state index contributed by atoms with van der Waals surface area (Å²) in [5, 5.41) is 6.63. The number of hydrogen-bond donors (Lipinski definition) is 2. The summed E-state index contributed by atoms with van der Waals surface area (Å²) in [6, 6.07) is 15.2. The predicted octanol–water partition coefficient (Wildman–Crippen LogP) is 3.45. The summed E-state index contributed by atoms with van der Waals surface area (Å²) in [7, 11) is 1.75. The van der Waals surface area contributed by atoms with Crippen LogP contribution in [0.4, 0.5) is 4.39 Å². The number of nitrogens with zero attached hydrogens (tertiary/aromatic N) is 3. The van der Waals surface area contributed by atoms with Gasteiger partial charge < -0.3 is 15.5 Å².